The SMILES string of the molecule is COc1ccccc1Oc1c(NS(=O)(=O)C=Cc2ccsc2)nc(-c2ncccn2)nc1OC. The van der Waals surface area contributed by atoms with Crippen molar-refractivity contribution in [2.24, 2.45) is 0 Å². The highest BCUT2D eigenvalue weighted by molar-refractivity contribution is 7.95. The first kappa shape index (κ1) is 23.1. The van der Waals surface area contributed by atoms with Gasteiger partial charge in [0.1, 0.15) is 0 Å². The number of anilines is 1. The number of sulfonamides is 1. The summed E-state index contributed by atoms with van der Waals surface area (Å²) in [5.41, 5.74) is 0.750. The van der Waals surface area contributed by atoms with Crippen molar-refractivity contribution in [1.29, 1.82) is 0 Å². The van der Waals surface area contributed by atoms with Gasteiger partial charge in [0.15, 0.2) is 23.1 Å². The number of para-hydroxylation sites is 2. The van der Waals surface area contributed by atoms with Gasteiger partial charge in [-0.3, -0.25) is 4.72 Å². The lowest BCUT2D eigenvalue weighted by molar-refractivity contribution is 0.348. The van der Waals surface area contributed by atoms with Gasteiger partial charge in [0, 0.05) is 12.4 Å². The summed E-state index contributed by atoms with van der Waals surface area (Å²) in [6.07, 6.45) is 4.51. The van der Waals surface area contributed by atoms with Crippen molar-refractivity contribution in [2.45, 2.75) is 0 Å². The fourth-order valence-electron chi connectivity index (χ4n) is 2.76. The quantitative estimate of drug-likeness (QED) is 0.362. The van der Waals surface area contributed by atoms with Crippen LogP contribution in [0.4, 0.5) is 5.82 Å². The lowest BCUT2D eigenvalue weighted by Gasteiger charge is -2.16. The molecule has 0 unspecified atom stereocenters. The number of hydrogen-bond acceptors (Lipinski definition) is 10. The third kappa shape index (κ3) is 5.47. The van der Waals surface area contributed by atoms with E-state index in [2.05, 4.69) is 24.7 Å². The maximum atomic E-state index is 12.9. The van der Waals surface area contributed by atoms with Gasteiger partial charge in [0.25, 0.3) is 15.9 Å². The predicted octanol–water partition coefficient (Wildman–Crippen LogP) is 4.22. The molecule has 0 saturated heterocycles. The lowest BCUT2D eigenvalue weighted by Crippen LogP contribution is -2.13. The Bertz CT molecular complexity index is 1390. The van der Waals surface area contributed by atoms with Gasteiger partial charge < -0.3 is 14.2 Å². The Hall–Kier alpha value is -4.03. The Labute approximate surface area is 200 Å². The number of rotatable bonds is 9. The number of benzene rings is 1. The summed E-state index contributed by atoms with van der Waals surface area (Å²) in [6.45, 7) is 0. The fourth-order valence-corrected chi connectivity index (χ4v) is 4.20. The first-order valence-corrected chi connectivity index (χ1v) is 12.3. The number of ether oxygens (including phenoxy) is 3. The van der Waals surface area contributed by atoms with Gasteiger partial charge in [-0.15, -0.1) is 0 Å². The highest BCUT2D eigenvalue weighted by Gasteiger charge is 2.23. The van der Waals surface area contributed by atoms with Gasteiger partial charge in [0.05, 0.1) is 19.6 Å². The Morgan fingerprint density at radius 2 is 1.71 bits per heavy atom. The second-order valence-corrected chi connectivity index (χ2v) is 8.91. The molecule has 0 fully saturated rings. The molecular formula is C22H19N5O5S2. The summed E-state index contributed by atoms with van der Waals surface area (Å²) in [5.74, 6) is 0.719. The molecule has 1 N–H and O–H groups in total. The minimum Gasteiger partial charge on any atom is -0.493 e. The van der Waals surface area contributed by atoms with Crippen LogP contribution in [0.1, 0.15) is 5.56 Å². The van der Waals surface area contributed by atoms with E-state index in [1.54, 1.807) is 36.4 Å². The van der Waals surface area contributed by atoms with E-state index in [9.17, 15) is 8.42 Å². The number of aromatic nitrogens is 4. The molecule has 12 heteroatoms. The number of thiophene rings is 1. The van der Waals surface area contributed by atoms with E-state index < -0.39 is 10.0 Å². The molecule has 3 aromatic heterocycles. The van der Waals surface area contributed by atoms with Gasteiger partial charge >= 0.3 is 0 Å². The van der Waals surface area contributed by atoms with E-state index in [4.69, 9.17) is 14.2 Å². The maximum absolute atomic E-state index is 12.9. The molecule has 0 radical (unpaired) electrons. The van der Waals surface area contributed by atoms with E-state index >= 15 is 0 Å². The van der Waals surface area contributed by atoms with E-state index in [0.717, 1.165) is 11.0 Å². The Morgan fingerprint density at radius 3 is 2.38 bits per heavy atom. The third-order valence-corrected chi connectivity index (χ3v) is 5.97. The molecule has 1 aromatic carbocycles. The number of nitrogens with one attached hydrogen (secondary N) is 1. The number of methoxy groups -OCH3 is 2. The van der Waals surface area contributed by atoms with Crippen molar-refractivity contribution < 1.29 is 22.6 Å². The molecule has 0 aliphatic carbocycles. The molecule has 4 rings (SSSR count). The number of hydrogen-bond donors (Lipinski definition) is 1. The van der Waals surface area contributed by atoms with Crippen molar-refractivity contribution in [2.75, 3.05) is 18.9 Å². The zero-order chi connectivity index (χ0) is 24.0. The molecule has 3 heterocycles. The molecule has 34 heavy (non-hydrogen) atoms. The molecule has 174 valence electrons. The zero-order valence-corrected chi connectivity index (χ0v) is 19.7. The smallest absolute Gasteiger partial charge is 0.263 e. The minimum atomic E-state index is -3.99. The molecule has 10 nitrogen and oxygen atoms in total. The van der Waals surface area contributed by atoms with Gasteiger partial charge in [-0.05, 0) is 46.7 Å². The Morgan fingerprint density at radius 1 is 0.941 bits per heavy atom. The van der Waals surface area contributed by atoms with Crippen LogP contribution in [0.3, 0.4) is 0 Å². The lowest BCUT2D eigenvalue weighted by atomic mass is 10.3. The molecule has 0 aliphatic rings. The van der Waals surface area contributed by atoms with Crippen LogP contribution in [0.5, 0.6) is 23.1 Å². The molecule has 0 saturated carbocycles. The maximum Gasteiger partial charge on any atom is 0.263 e. The summed E-state index contributed by atoms with van der Waals surface area (Å²) < 4.78 is 44.9. The summed E-state index contributed by atoms with van der Waals surface area (Å²) in [5, 5.41) is 4.70. The monoisotopic (exact) mass is 497 g/mol. The van der Waals surface area contributed by atoms with Gasteiger partial charge in [0.2, 0.25) is 11.6 Å². The van der Waals surface area contributed by atoms with Crippen LogP contribution < -0.4 is 18.9 Å². The van der Waals surface area contributed by atoms with Crippen LogP contribution in [0.2, 0.25) is 0 Å². The van der Waals surface area contributed by atoms with Crippen LogP contribution in [0, 0.1) is 0 Å². The fraction of sp³-hybridized carbons (Fsp3) is 0.0909. The Kier molecular flexibility index (Phi) is 6.99. The van der Waals surface area contributed by atoms with Gasteiger partial charge in [-0.2, -0.15) is 16.3 Å². The molecule has 4 aromatic rings. The largest absolute Gasteiger partial charge is 0.493 e. The minimum absolute atomic E-state index is 0.0251. The average molecular weight is 498 g/mol. The van der Waals surface area contributed by atoms with E-state index in [0.29, 0.717) is 11.5 Å². The summed E-state index contributed by atoms with van der Waals surface area (Å²) in [7, 11) is -1.12. The van der Waals surface area contributed by atoms with Crippen molar-refractivity contribution >= 4 is 33.3 Å². The number of nitrogens with zero attached hydrogens (tertiary/aromatic N) is 4. The standard InChI is InChI=1S/C22H19N5O5S2/c1-30-16-6-3-4-7-17(16)32-18-19(27-34(28,29)13-9-15-8-12-33-14-15)25-21(26-22(18)31-2)20-23-10-5-11-24-20/h3-14H,1-2H3,(H,25,26,27). The van der Waals surface area contributed by atoms with Crippen LogP contribution in [0.25, 0.3) is 17.7 Å². The third-order valence-electron chi connectivity index (χ3n) is 4.30. The molecule has 0 amide bonds. The van der Waals surface area contributed by atoms with Gasteiger partial charge in [-0.1, -0.05) is 12.1 Å². The van der Waals surface area contributed by atoms with Crippen LogP contribution in [-0.2, 0) is 10.0 Å². The van der Waals surface area contributed by atoms with Crippen LogP contribution in [-0.4, -0.2) is 42.6 Å². The molecule has 0 bridgehead atoms. The highest BCUT2D eigenvalue weighted by Crippen LogP contribution is 2.40. The Balaban J connectivity index is 1.80. The first-order chi connectivity index (χ1) is 16.5. The molecule has 0 spiro atoms. The second-order valence-electron chi connectivity index (χ2n) is 6.57. The molecule has 0 atom stereocenters. The van der Waals surface area contributed by atoms with Crippen LogP contribution in [0.15, 0.2) is 65.0 Å². The predicted molar refractivity (Wildman–Crippen MR) is 129 cm³/mol. The topological polar surface area (TPSA) is 125 Å². The zero-order valence-electron chi connectivity index (χ0n) is 18.1. The summed E-state index contributed by atoms with van der Waals surface area (Å²) >= 11 is 1.46. The summed E-state index contributed by atoms with van der Waals surface area (Å²) in [4.78, 5) is 16.9. The van der Waals surface area contributed by atoms with E-state index in [-0.39, 0.29) is 29.1 Å². The normalized spacial score (nSPS) is 11.4. The van der Waals surface area contributed by atoms with Gasteiger partial charge in [-0.25, -0.2) is 23.4 Å². The van der Waals surface area contributed by atoms with E-state index in [1.165, 1.54) is 44.0 Å². The van der Waals surface area contributed by atoms with Crippen molar-refractivity contribution in [3.8, 4) is 34.8 Å². The second kappa shape index (κ2) is 10.3. The van der Waals surface area contributed by atoms with Crippen molar-refractivity contribution in [1.82, 2.24) is 19.9 Å². The van der Waals surface area contributed by atoms with Crippen LogP contribution >= 0.6 is 11.3 Å². The summed E-state index contributed by atoms with van der Waals surface area (Å²) in [6, 6.07) is 10.3. The van der Waals surface area contributed by atoms with Crippen molar-refractivity contribution in [3.05, 3.63) is 70.5 Å². The molecule has 0 aliphatic heterocycles. The average Bonchev–Trinajstić information content (AvgIpc) is 3.38. The van der Waals surface area contributed by atoms with E-state index in [1.807, 2.05) is 10.8 Å². The molecular weight excluding hydrogens is 478 g/mol. The first-order valence-electron chi connectivity index (χ1n) is 9.76. The van der Waals surface area contributed by atoms with Crippen molar-refractivity contribution in [3.63, 3.8) is 0 Å². The highest BCUT2D eigenvalue weighted by atomic mass is 32.2.